The van der Waals surface area contributed by atoms with Crippen molar-refractivity contribution in [1.82, 2.24) is 5.32 Å². The molecule has 2 atom stereocenters. The van der Waals surface area contributed by atoms with E-state index in [4.69, 9.17) is 20.3 Å². The molecule has 5 heteroatoms. The number of nitrogens with one attached hydrogen (secondary N) is 1. The standard InChI is InChI=1S/C11H16N2O3/c1-13-11(8(12)5-14)7-2-3-9-10(4-7)16-6-15-9/h2-4,8,11,13-14H,5-6,12H2,1H3. The quantitative estimate of drug-likeness (QED) is 0.671. The van der Waals surface area contributed by atoms with Crippen LogP contribution in [-0.2, 0) is 0 Å². The third-order valence-electron chi connectivity index (χ3n) is 2.71. The molecule has 2 unspecified atom stereocenters. The van der Waals surface area contributed by atoms with Crippen molar-refractivity contribution in [3.63, 3.8) is 0 Å². The van der Waals surface area contributed by atoms with Gasteiger partial charge < -0.3 is 25.6 Å². The normalized spacial score (nSPS) is 17.2. The number of nitrogens with two attached hydrogens (primary N) is 1. The molecule has 1 aromatic rings. The number of hydrogen-bond acceptors (Lipinski definition) is 5. The van der Waals surface area contributed by atoms with Crippen molar-refractivity contribution in [3.05, 3.63) is 23.8 Å². The fourth-order valence-electron chi connectivity index (χ4n) is 1.84. The molecule has 0 saturated carbocycles. The molecule has 0 saturated heterocycles. The molecule has 0 aromatic heterocycles. The van der Waals surface area contributed by atoms with Crippen molar-refractivity contribution in [2.75, 3.05) is 20.4 Å². The van der Waals surface area contributed by atoms with Crippen molar-refractivity contribution in [2.24, 2.45) is 5.73 Å². The predicted molar refractivity (Wildman–Crippen MR) is 59.4 cm³/mol. The van der Waals surface area contributed by atoms with Gasteiger partial charge in [0.2, 0.25) is 6.79 Å². The Kier molecular flexibility index (Phi) is 3.28. The largest absolute Gasteiger partial charge is 0.454 e. The highest BCUT2D eigenvalue weighted by Crippen LogP contribution is 2.34. The molecule has 0 spiro atoms. The van der Waals surface area contributed by atoms with E-state index in [1.165, 1.54) is 0 Å². The fourth-order valence-corrected chi connectivity index (χ4v) is 1.84. The van der Waals surface area contributed by atoms with Gasteiger partial charge in [-0.15, -0.1) is 0 Å². The number of aliphatic hydroxyl groups excluding tert-OH is 1. The van der Waals surface area contributed by atoms with Gasteiger partial charge in [0, 0.05) is 12.1 Å². The Bertz CT molecular complexity index is 370. The predicted octanol–water partition coefficient (Wildman–Crippen LogP) is -0.00460. The van der Waals surface area contributed by atoms with E-state index >= 15 is 0 Å². The van der Waals surface area contributed by atoms with Crippen LogP contribution < -0.4 is 20.5 Å². The van der Waals surface area contributed by atoms with E-state index in [0.29, 0.717) is 0 Å². The third-order valence-corrected chi connectivity index (χ3v) is 2.71. The zero-order valence-corrected chi connectivity index (χ0v) is 9.14. The van der Waals surface area contributed by atoms with Crippen LogP contribution in [0.4, 0.5) is 0 Å². The SMILES string of the molecule is CNC(c1ccc2c(c1)OCO2)C(N)CO. The highest BCUT2D eigenvalue weighted by atomic mass is 16.7. The van der Waals surface area contributed by atoms with Crippen LogP contribution in [0.15, 0.2) is 18.2 Å². The topological polar surface area (TPSA) is 76.7 Å². The molecule has 0 bridgehead atoms. The van der Waals surface area contributed by atoms with Gasteiger partial charge >= 0.3 is 0 Å². The Morgan fingerprint density at radius 1 is 1.44 bits per heavy atom. The van der Waals surface area contributed by atoms with Gasteiger partial charge in [-0.25, -0.2) is 0 Å². The monoisotopic (exact) mass is 224 g/mol. The molecule has 4 N–H and O–H groups in total. The van der Waals surface area contributed by atoms with E-state index in [0.717, 1.165) is 17.1 Å². The van der Waals surface area contributed by atoms with Crippen LogP contribution in [0.3, 0.4) is 0 Å². The van der Waals surface area contributed by atoms with Crippen LogP contribution in [0, 0.1) is 0 Å². The molecule has 0 aliphatic carbocycles. The van der Waals surface area contributed by atoms with Gasteiger partial charge in [0.05, 0.1) is 6.61 Å². The Balaban J connectivity index is 2.25. The zero-order valence-electron chi connectivity index (χ0n) is 9.14. The average molecular weight is 224 g/mol. The second-order valence-electron chi connectivity index (χ2n) is 3.73. The molecular formula is C11H16N2O3. The molecule has 5 nitrogen and oxygen atoms in total. The van der Waals surface area contributed by atoms with Crippen LogP contribution >= 0.6 is 0 Å². The molecule has 0 amide bonds. The number of ether oxygens (including phenoxy) is 2. The number of fused-ring (bicyclic) bond motifs is 1. The lowest BCUT2D eigenvalue weighted by molar-refractivity contribution is 0.174. The number of likely N-dealkylation sites (N-methyl/N-ethyl adjacent to an activating group) is 1. The van der Waals surface area contributed by atoms with Crippen LogP contribution in [-0.4, -0.2) is 31.6 Å². The minimum Gasteiger partial charge on any atom is -0.454 e. The highest BCUT2D eigenvalue weighted by molar-refractivity contribution is 5.45. The Morgan fingerprint density at radius 3 is 2.88 bits per heavy atom. The van der Waals surface area contributed by atoms with Gasteiger partial charge in [-0.2, -0.15) is 0 Å². The number of benzene rings is 1. The molecule has 88 valence electrons. The molecule has 0 fully saturated rings. The molecule has 0 radical (unpaired) electrons. The van der Waals surface area contributed by atoms with Gasteiger partial charge in [-0.05, 0) is 24.7 Å². The smallest absolute Gasteiger partial charge is 0.231 e. The van der Waals surface area contributed by atoms with Gasteiger partial charge in [-0.3, -0.25) is 0 Å². The van der Waals surface area contributed by atoms with E-state index in [9.17, 15) is 0 Å². The first-order valence-corrected chi connectivity index (χ1v) is 5.19. The Morgan fingerprint density at radius 2 is 2.19 bits per heavy atom. The first kappa shape index (κ1) is 11.2. The van der Waals surface area contributed by atoms with Crippen molar-refractivity contribution < 1.29 is 14.6 Å². The molecule has 16 heavy (non-hydrogen) atoms. The number of rotatable bonds is 4. The van der Waals surface area contributed by atoms with Crippen LogP contribution in [0.1, 0.15) is 11.6 Å². The maximum absolute atomic E-state index is 9.07. The summed E-state index contributed by atoms with van der Waals surface area (Å²) in [6, 6.07) is 5.22. The second-order valence-corrected chi connectivity index (χ2v) is 3.73. The summed E-state index contributed by atoms with van der Waals surface area (Å²) in [6.07, 6.45) is 0. The minimum atomic E-state index is -0.342. The first-order chi connectivity index (χ1) is 7.76. The maximum Gasteiger partial charge on any atom is 0.231 e. The molecule has 2 rings (SSSR count). The molecular weight excluding hydrogens is 208 g/mol. The van der Waals surface area contributed by atoms with Crippen LogP contribution in [0.25, 0.3) is 0 Å². The Hall–Kier alpha value is -1.30. The van der Waals surface area contributed by atoms with Crippen molar-refractivity contribution in [1.29, 1.82) is 0 Å². The van der Waals surface area contributed by atoms with Crippen molar-refractivity contribution in [3.8, 4) is 11.5 Å². The molecule has 1 aromatic carbocycles. The number of aliphatic hydroxyl groups is 1. The lowest BCUT2D eigenvalue weighted by Crippen LogP contribution is -2.38. The second kappa shape index (κ2) is 4.69. The fraction of sp³-hybridized carbons (Fsp3) is 0.455. The third kappa shape index (κ3) is 1.97. The summed E-state index contributed by atoms with van der Waals surface area (Å²) in [5.74, 6) is 1.47. The van der Waals surface area contributed by atoms with Gasteiger partial charge in [0.1, 0.15) is 0 Å². The van der Waals surface area contributed by atoms with E-state index in [2.05, 4.69) is 5.32 Å². The maximum atomic E-state index is 9.07. The van der Waals surface area contributed by atoms with E-state index in [-0.39, 0.29) is 25.5 Å². The summed E-state index contributed by atoms with van der Waals surface area (Å²) >= 11 is 0. The average Bonchev–Trinajstić information content (AvgIpc) is 2.77. The van der Waals surface area contributed by atoms with Crippen LogP contribution in [0.5, 0.6) is 11.5 Å². The van der Waals surface area contributed by atoms with Gasteiger partial charge in [0.15, 0.2) is 11.5 Å². The molecule has 1 aliphatic heterocycles. The van der Waals surface area contributed by atoms with E-state index in [1.807, 2.05) is 25.2 Å². The van der Waals surface area contributed by atoms with Crippen molar-refractivity contribution in [2.45, 2.75) is 12.1 Å². The molecule has 1 heterocycles. The van der Waals surface area contributed by atoms with Crippen molar-refractivity contribution >= 4 is 0 Å². The molecule has 1 aliphatic rings. The van der Waals surface area contributed by atoms with Crippen LogP contribution in [0.2, 0.25) is 0 Å². The number of hydrogen-bond donors (Lipinski definition) is 3. The summed E-state index contributed by atoms with van der Waals surface area (Å²) in [6.45, 7) is 0.189. The zero-order chi connectivity index (χ0) is 11.5. The first-order valence-electron chi connectivity index (χ1n) is 5.19. The van der Waals surface area contributed by atoms with E-state index < -0.39 is 0 Å². The summed E-state index contributed by atoms with van der Waals surface area (Å²) in [5.41, 5.74) is 6.80. The van der Waals surface area contributed by atoms with Gasteiger partial charge in [-0.1, -0.05) is 6.07 Å². The highest BCUT2D eigenvalue weighted by Gasteiger charge is 2.20. The lowest BCUT2D eigenvalue weighted by Gasteiger charge is -2.22. The van der Waals surface area contributed by atoms with E-state index in [1.54, 1.807) is 0 Å². The summed E-state index contributed by atoms with van der Waals surface area (Å²) in [7, 11) is 1.81. The summed E-state index contributed by atoms with van der Waals surface area (Å²) in [5, 5.41) is 12.1. The minimum absolute atomic E-state index is 0.0695. The van der Waals surface area contributed by atoms with Gasteiger partial charge in [0.25, 0.3) is 0 Å². The lowest BCUT2D eigenvalue weighted by atomic mass is 10.00. The summed E-state index contributed by atoms with van der Waals surface area (Å²) < 4.78 is 10.5. The summed E-state index contributed by atoms with van der Waals surface area (Å²) in [4.78, 5) is 0. The Labute approximate surface area is 94.2 Å².